The Balaban J connectivity index is 1.69. The molecule has 0 radical (unpaired) electrons. The van der Waals surface area contributed by atoms with Crippen LogP contribution in [0.15, 0.2) is 12.7 Å². The number of hydrogen-bond acceptors (Lipinski definition) is 1. The van der Waals surface area contributed by atoms with E-state index >= 15 is 0 Å². The third-order valence-corrected chi connectivity index (χ3v) is 3.73. The maximum Gasteiger partial charge on any atom is 0.00123 e. The van der Waals surface area contributed by atoms with Gasteiger partial charge >= 0.3 is 0 Å². The van der Waals surface area contributed by atoms with Gasteiger partial charge in [0.2, 0.25) is 0 Å². The lowest BCUT2D eigenvalue weighted by Crippen LogP contribution is -2.34. The van der Waals surface area contributed by atoms with Crippen molar-refractivity contribution in [2.24, 2.45) is 17.8 Å². The molecule has 0 amide bonds. The van der Waals surface area contributed by atoms with E-state index in [1.807, 2.05) is 0 Å². The Hall–Kier alpha value is -0.300. The van der Waals surface area contributed by atoms with Crippen molar-refractivity contribution in [3.63, 3.8) is 0 Å². The first kappa shape index (κ1) is 9.26. The Morgan fingerprint density at radius 1 is 1.38 bits per heavy atom. The van der Waals surface area contributed by atoms with Gasteiger partial charge in [0.1, 0.15) is 0 Å². The molecule has 0 N–H and O–H groups in total. The molecule has 1 aliphatic carbocycles. The van der Waals surface area contributed by atoms with Gasteiger partial charge in [-0.1, -0.05) is 13.0 Å². The maximum absolute atomic E-state index is 3.88. The Bertz CT molecular complexity index is 180. The zero-order chi connectivity index (χ0) is 9.26. The monoisotopic (exact) mass is 179 g/mol. The van der Waals surface area contributed by atoms with Gasteiger partial charge in [-0.3, -0.25) is 0 Å². The van der Waals surface area contributed by atoms with Crippen molar-refractivity contribution in [3.8, 4) is 0 Å². The molecule has 2 fully saturated rings. The Morgan fingerprint density at radius 3 is 2.46 bits per heavy atom. The van der Waals surface area contributed by atoms with Crippen LogP contribution in [0.25, 0.3) is 0 Å². The quantitative estimate of drug-likeness (QED) is 0.602. The van der Waals surface area contributed by atoms with Gasteiger partial charge in [0.15, 0.2) is 0 Å². The number of nitrogens with zero attached hydrogens (tertiary/aromatic N) is 1. The molecule has 0 bridgehead atoms. The molecule has 1 saturated carbocycles. The first-order valence-corrected chi connectivity index (χ1v) is 5.64. The Labute approximate surface area is 81.8 Å². The lowest BCUT2D eigenvalue weighted by Gasteiger charge is -2.30. The summed E-state index contributed by atoms with van der Waals surface area (Å²) >= 11 is 0. The topological polar surface area (TPSA) is 3.24 Å². The van der Waals surface area contributed by atoms with E-state index in [0.29, 0.717) is 0 Å². The largest absolute Gasteiger partial charge is 0.303 e. The number of piperidine rings is 1. The second kappa shape index (κ2) is 3.83. The van der Waals surface area contributed by atoms with Crippen LogP contribution in [0.4, 0.5) is 0 Å². The summed E-state index contributed by atoms with van der Waals surface area (Å²) in [5.74, 6) is 2.84. The SMILES string of the molecule is C=CC1CCN(CC2CC2C)CC1. The van der Waals surface area contributed by atoms with E-state index in [9.17, 15) is 0 Å². The highest BCUT2D eigenvalue weighted by molar-refractivity contribution is 4.89. The highest BCUT2D eigenvalue weighted by Crippen LogP contribution is 2.38. The van der Waals surface area contributed by atoms with E-state index in [1.165, 1.54) is 38.9 Å². The maximum atomic E-state index is 3.88. The molecule has 0 aromatic rings. The van der Waals surface area contributed by atoms with Crippen LogP contribution in [0.3, 0.4) is 0 Å². The molecule has 1 saturated heterocycles. The minimum atomic E-state index is 0.799. The van der Waals surface area contributed by atoms with E-state index in [0.717, 1.165) is 17.8 Å². The first-order chi connectivity index (χ1) is 6.29. The summed E-state index contributed by atoms with van der Waals surface area (Å²) in [6, 6.07) is 0. The van der Waals surface area contributed by atoms with Gasteiger partial charge in [-0.05, 0) is 50.1 Å². The van der Waals surface area contributed by atoms with Gasteiger partial charge in [-0.15, -0.1) is 6.58 Å². The van der Waals surface area contributed by atoms with Crippen molar-refractivity contribution >= 4 is 0 Å². The fourth-order valence-corrected chi connectivity index (χ4v) is 2.36. The van der Waals surface area contributed by atoms with Crippen molar-refractivity contribution in [2.75, 3.05) is 19.6 Å². The molecule has 1 heterocycles. The van der Waals surface area contributed by atoms with Crippen LogP contribution >= 0.6 is 0 Å². The lowest BCUT2D eigenvalue weighted by molar-refractivity contribution is 0.194. The molecule has 1 nitrogen and oxygen atoms in total. The standard InChI is InChI=1S/C12H21N/c1-3-11-4-6-13(7-5-11)9-12-8-10(12)2/h3,10-12H,1,4-9H2,2H3. The summed E-state index contributed by atoms with van der Waals surface area (Å²) in [6.07, 6.45) is 6.29. The van der Waals surface area contributed by atoms with Crippen molar-refractivity contribution < 1.29 is 0 Å². The molecule has 0 aromatic carbocycles. The molecule has 2 unspecified atom stereocenters. The van der Waals surface area contributed by atoms with Gasteiger partial charge in [-0.25, -0.2) is 0 Å². The lowest BCUT2D eigenvalue weighted by atomic mass is 9.97. The molecule has 2 rings (SSSR count). The van der Waals surface area contributed by atoms with Crippen LogP contribution in [0.1, 0.15) is 26.2 Å². The average molecular weight is 179 g/mol. The summed E-state index contributed by atoms with van der Waals surface area (Å²) < 4.78 is 0. The highest BCUT2D eigenvalue weighted by atomic mass is 15.1. The summed E-state index contributed by atoms with van der Waals surface area (Å²) in [5, 5.41) is 0. The summed E-state index contributed by atoms with van der Waals surface area (Å²) in [5.41, 5.74) is 0. The molecule has 1 aliphatic heterocycles. The summed E-state index contributed by atoms with van der Waals surface area (Å²) in [7, 11) is 0. The molecule has 2 aliphatic rings. The minimum absolute atomic E-state index is 0.799. The highest BCUT2D eigenvalue weighted by Gasteiger charge is 2.34. The van der Waals surface area contributed by atoms with Crippen molar-refractivity contribution in [1.29, 1.82) is 0 Å². The van der Waals surface area contributed by atoms with Gasteiger partial charge in [-0.2, -0.15) is 0 Å². The van der Waals surface area contributed by atoms with E-state index in [-0.39, 0.29) is 0 Å². The van der Waals surface area contributed by atoms with Gasteiger partial charge in [0.25, 0.3) is 0 Å². The second-order valence-corrected chi connectivity index (χ2v) is 4.85. The van der Waals surface area contributed by atoms with Gasteiger partial charge in [0, 0.05) is 6.54 Å². The number of hydrogen-bond donors (Lipinski definition) is 0. The average Bonchev–Trinajstić information content (AvgIpc) is 2.83. The van der Waals surface area contributed by atoms with Crippen LogP contribution in [-0.2, 0) is 0 Å². The van der Waals surface area contributed by atoms with Crippen LogP contribution in [-0.4, -0.2) is 24.5 Å². The molecule has 1 heteroatoms. The molecule has 2 atom stereocenters. The first-order valence-electron chi connectivity index (χ1n) is 5.64. The fraction of sp³-hybridized carbons (Fsp3) is 0.833. The number of allylic oxidation sites excluding steroid dienone is 1. The fourth-order valence-electron chi connectivity index (χ4n) is 2.36. The third-order valence-electron chi connectivity index (χ3n) is 3.73. The van der Waals surface area contributed by atoms with Crippen LogP contribution < -0.4 is 0 Å². The zero-order valence-electron chi connectivity index (χ0n) is 8.71. The van der Waals surface area contributed by atoms with Crippen molar-refractivity contribution in [1.82, 2.24) is 4.90 Å². The van der Waals surface area contributed by atoms with E-state index in [4.69, 9.17) is 0 Å². The molecular weight excluding hydrogens is 158 g/mol. The predicted molar refractivity (Wildman–Crippen MR) is 56.6 cm³/mol. The molecule has 74 valence electrons. The zero-order valence-corrected chi connectivity index (χ0v) is 8.71. The van der Waals surface area contributed by atoms with Crippen LogP contribution in [0.2, 0.25) is 0 Å². The molecule has 0 spiro atoms. The number of rotatable bonds is 3. The third kappa shape index (κ3) is 2.34. The van der Waals surface area contributed by atoms with E-state index in [2.05, 4.69) is 24.5 Å². The number of likely N-dealkylation sites (tertiary alicyclic amines) is 1. The van der Waals surface area contributed by atoms with Gasteiger partial charge in [0.05, 0.1) is 0 Å². The van der Waals surface area contributed by atoms with Gasteiger partial charge < -0.3 is 4.90 Å². The van der Waals surface area contributed by atoms with E-state index < -0.39 is 0 Å². The Kier molecular flexibility index (Phi) is 2.73. The summed E-state index contributed by atoms with van der Waals surface area (Å²) in [4.78, 5) is 2.65. The van der Waals surface area contributed by atoms with Crippen molar-refractivity contribution in [2.45, 2.75) is 26.2 Å². The minimum Gasteiger partial charge on any atom is -0.303 e. The molecule has 0 aromatic heterocycles. The van der Waals surface area contributed by atoms with Crippen molar-refractivity contribution in [3.05, 3.63) is 12.7 Å². The van der Waals surface area contributed by atoms with Crippen LogP contribution in [0, 0.1) is 17.8 Å². The predicted octanol–water partition coefficient (Wildman–Crippen LogP) is 2.54. The van der Waals surface area contributed by atoms with Crippen LogP contribution in [0.5, 0.6) is 0 Å². The smallest absolute Gasteiger partial charge is 0.00123 e. The molecule has 13 heavy (non-hydrogen) atoms. The Morgan fingerprint density at radius 2 is 2.00 bits per heavy atom. The summed E-state index contributed by atoms with van der Waals surface area (Å²) in [6.45, 7) is 10.2. The van der Waals surface area contributed by atoms with E-state index in [1.54, 1.807) is 0 Å². The molecular formula is C12H21N. The normalized spacial score (nSPS) is 36.1. The second-order valence-electron chi connectivity index (χ2n) is 4.85.